The third-order valence-corrected chi connectivity index (χ3v) is 5.38. The van der Waals surface area contributed by atoms with E-state index in [9.17, 15) is 9.59 Å². The topological polar surface area (TPSA) is 65.7 Å². The van der Waals surface area contributed by atoms with Crippen molar-refractivity contribution in [3.05, 3.63) is 40.2 Å². The molecule has 0 saturated heterocycles. The van der Waals surface area contributed by atoms with Crippen LogP contribution in [0.5, 0.6) is 5.75 Å². The summed E-state index contributed by atoms with van der Waals surface area (Å²) < 4.78 is 16.3. The van der Waals surface area contributed by atoms with Gasteiger partial charge in [-0.1, -0.05) is 39.3 Å². The first kappa shape index (κ1) is 18.5. The Bertz CT molecular complexity index is 851. The van der Waals surface area contributed by atoms with E-state index in [2.05, 4.69) is 20.8 Å². The molecule has 0 N–H and O–H groups in total. The van der Waals surface area contributed by atoms with Crippen molar-refractivity contribution in [2.24, 2.45) is 17.8 Å². The van der Waals surface area contributed by atoms with E-state index in [-0.39, 0.29) is 11.7 Å². The molecular formula is C21H26O5. The van der Waals surface area contributed by atoms with Gasteiger partial charge in [0.2, 0.25) is 0 Å². The molecule has 140 valence electrons. The van der Waals surface area contributed by atoms with E-state index in [0.717, 1.165) is 19.3 Å². The summed E-state index contributed by atoms with van der Waals surface area (Å²) in [6.45, 7) is 6.48. The van der Waals surface area contributed by atoms with Crippen molar-refractivity contribution in [2.45, 2.75) is 46.1 Å². The van der Waals surface area contributed by atoms with Crippen molar-refractivity contribution in [1.82, 2.24) is 0 Å². The molecule has 3 unspecified atom stereocenters. The van der Waals surface area contributed by atoms with Crippen molar-refractivity contribution in [3.63, 3.8) is 0 Å². The molecule has 5 nitrogen and oxygen atoms in total. The first-order valence-corrected chi connectivity index (χ1v) is 9.22. The molecule has 1 heterocycles. The summed E-state index contributed by atoms with van der Waals surface area (Å²) >= 11 is 0. The summed E-state index contributed by atoms with van der Waals surface area (Å²) in [6.07, 6.45) is 2.86. The lowest BCUT2D eigenvalue weighted by atomic mass is 9.75. The smallest absolute Gasteiger partial charge is 0.351 e. The Morgan fingerprint density at radius 3 is 2.73 bits per heavy atom. The highest BCUT2D eigenvalue weighted by Gasteiger charge is 2.34. The molecule has 26 heavy (non-hydrogen) atoms. The number of methoxy groups -OCH3 is 1. The first-order chi connectivity index (χ1) is 12.4. The number of hydrogen-bond acceptors (Lipinski definition) is 5. The summed E-state index contributed by atoms with van der Waals surface area (Å²) in [7, 11) is 1.51. The Morgan fingerprint density at radius 1 is 1.27 bits per heavy atom. The molecule has 0 radical (unpaired) electrons. The number of benzene rings is 1. The Kier molecular flexibility index (Phi) is 5.35. The summed E-state index contributed by atoms with van der Waals surface area (Å²) in [5.74, 6) is 1.12. The highest BCUT2D eigenvalue weighted by Crippen LogP contribution is 2.35. The maximum absolute atomic E-state index is 12.7. The fourth-order valence-corrected chi connectivity index (χ4v) is 3.87. The van der Waals surface area contributed by atoms with Crippen molar-refractivity contribution < 1.29 is 18.7 Å². The number of rotatable bonds is 4. The van der Waals surface area contributed by atoms with E-state index in [1.54, 1.807) is 18.2 Å². The molecule has 2 aromatic rings. The maximum Gasteiger partial charge on any atom is 0.351 e. The van der Waals surface area contributed by atoms with E-state index in [1.165, 1.54) is 13.2 Å². The van der Waals surface area contributed by atoms with Crippen LogP contribution < -0.4 is 10.4 Å². The third-order valence-electron chi connectivity index (χ3n) is 5.38. The fourth-order valence-electron chi connectivity index (χ4n) is 3.87. The van der Waals surface area contributed by atoms with Crippen LogP contribution in [-0.4, -0.2) is 19.2 Å². The molecule has 0 spiro atoms. The van der Waals surface area contributed by atoms with Gasteiger partial charge in [-0.3, -0.25) is 0 Å². The normalized spacial score (nSPS) is 23.2. The quantitative estimate of drug-likeness (QED) is 0.598. The summed E-state index contributed by atoms with van der Waals surface area (Å²) in [5.41, 5.74) is -0.425. The second-order valence-corrected chi connectivity index (χ2v) is 7.60. The van der Waals surface area contributed by atoms with E-state index < -0.39 is 11.6 Å². The minimum absolute atomic E-state index is 0.0634. The first-order valence-electron chi connectivity index (χ1n) is 9.22. The molecule has 1 saturated carbocycles. The minimum atomic E-state index is -0.697. The molecule has 3 atom stereocenters. The van der Waals surface area contributed by atoms with Gasteiger partial charge in [-0.25, -0.2) is 9.59 Å². The van der Waals surface area contributed by atoms with Crippen LogP contribution in [0.1, 0.15) is 50.4 Å². The number of fused-ring (bicyclic) bond motifs is 1. The van der Waals surface area contributed by atoms with Gasteiger partial charge in [-0.15, -0.1) is 0 Å². The van der Waals surface area contributed by atoms with Gasteiger partial charge in [-0.05, 0) is 42.7 Å². The van der Waals surface area contributed by atoms with Crippen LogP contribution in [0.4, 0.5) is 0 Å². The van der Waals surface area contributed by atoms with Gasteiger partial charge in [0.25, 0.3) is 0 Å². The number of esters is 1. The van der Waals surface area contributed by atoms with Gasteiger partial charge >= 0.3 is 11.6 Å². The van der Waals surface area contributed by atoms with E-state index in [4.69, 9.17) is 13.9 Å². The number of carbonyl (C=O) groups is 1. The molecule has 1 aliphatic rings. The third kappa shape index (κ3) is 3.62. The van der Waals surface area contributed by atoms with Gasteiger partial charge in [-0.2, -0.15) is 0 Å². The van der Waals surface area contributed by atoms with Crippen LogP contribution in [-0.2, 0) is 4.74 Å². The monoisotopic (exact) mass is 358 g/mol. The maximum atomic E-state index is 12.7. The predicted octanol–water partition coefficient (Wildman–Crippen LogP) is 4.42. The van der Waals surface area contributed by atoms with Gasteiger partial charge in [0.1, 0.15) is 11.7 Å². The zero-order valence-electron chi connectivity index (χ0n) is 15.8. The average Bonchev–Trinajstić information content (AvgIpc) is 2.60. The molecule has 1 fully saturated rings. The van der Waals surface area contributed by atoms with Crippen molar-refractivity contribution in [2.75, 3.05) is 7.11 Å². The number of hydrogen-bond donors (Lipinski definition) is 0. The van der Waals surface area contributed by atoms with Crippen LogP contribution in [0.3, 0.4) is 0 Å². The molecule has 3 rings (SSSR count). The SMILES string of the molecule is COc1cccc2cc(C(=O)OC3CC(C)CCC3C(C)C)c(=O)oc12. The number of carbonyl (C=O) groups excluding carboxylic acids is 1. The molecule has 1 aliphatic carbocycles. The summed E-state index contributed by atoms with van der Waals surface area (Å²) in [4.78, 5) is 25.0. The number of ether oxygens (including phenoxy) is 2. The Hall–Kier alpha value is -2.30. The minimum Gasteiger partial charge on any atom is -0.493 e. The fraction of sp³-hybridized carbons (Fsp3) is 0.524. The largest absolute Gasteiger partial charge is 0.493 e. The van der Waals surface area contributed by atoms with Gasteiger partial charge in [0.05, 0.1) is 7.11 Å². The van der Waals surface area contributed by atoms with Crippen LogP contribution in [0.25, 0.3) is 11.0 Å². The highest BCUT2D eigenvalue weighted by molar-refractivity contribution is 5.94. The molecule has 0 aliphatic heterocycles. The van der Waals surface area contributed by atoms with Gasteiger partial charge in [0.15, 0.2) is 11.3 Å². The second-order valence-electron chi connectivity index (χ2n) is 7.60. The van der Waals surface area contributed by atoms with Gasteiger partial charge in [0, 0.05) is 5.39 Å². The summed E-state index contributed by atoms with van der Waals surface area (Å²) in [5, 5.41) is 0.633. The van der Waals surface area contributed by atoms with Crippen LogP contribution in [0.15, 0.2) is 33.5 Å². The molecule has 0 bridgehead atoms. The zero-order valence-corrected chi connectivity index (χ0v) is 15.8. The lowest BCUT2D eigenvalue weighted by Crippen LogP contribution is -2.36. The lowest BCUT2D eigenvalue weighted by molar-refractivity contribution is -0.0177. The molecule has 0 amide bonds. The lowest BCUT2D eigenvalue weighted by Gasteiger charge is -2.36. The van der Waals surface area contributed by atoms with E-state index in [0.29, 0.717) is 34.5 Å². The standard InChI is InChI=1S/C21H26O5/c1-12(2)15-9-8-13(3)10-18(15)25-20(22)16-11-14-6-5-7-17(24-4)19(14)26-21(16)23/h5-7,11-13,15,18H,8-10H2,1-4H3. The summed E-state index contributed by atoms with van der Waals surface area (Å²) in [6, 6.07) is 6.80. The van der Waals surface area contributed by atoms with Crippen LogP contribution >= 0.6 is 0 Å². The van der Waals surface area contributed by atoms with Crippen LogP contribution in [0, 0.1) is 17.8 Å². The van der Waals surface area contributed by atoms with Gasteiger partial charge < -0.3 is 13.9 Å². The van der Waals surface area contributed by atoms with Crippen molar-refractivity contribution in [1.29, 1.82) is 0 Å². The Labute approximate surface area is 153 Å². The Balaban J connectivity index is 1.89. The predicted molar refractivity (Wildman–Crippen MR) is 99.6 cm³/mol. The molecule has 1 aromatic carbocycles. The average molecular weight is 358 g/mol. The molecule has 1 aromatic heterocycles. The Morgan fingerprint density at radius 2 is 2.04 bits per heavy atom. The van der Waals surface area contributed by atoms with Crippen LogP contribution in [0.2, 0.25) is 0 Å². The molecular weight excluding hydrogens is 332 g/mol. The van der Waals surface area contributed by atoms with Crippen molar-refractivity contribution >= 4 is 16.9 Å². The van der Waals surface area contributed by atoms with E-state index in [1.807, 2.05) is 0 Å². The van der Waals surface area contributed by atoms with E-state index >= 15 is 0 Å². The highest BCUT2D eigenvalue weighted by atomic mass is 16.5. The number of para-hydroxylation sites is 1. The second kappa shape index (κ2) is 7.52. The van der Waals surface area contributed by atoms with Crippen molar-refractivity contribution in [3.8, 4) is 5.75 Å². The zero-order chi connectivity index (χ0) is 18.8. The molecule has 5 heteroatoms.